The molecule has 7 nitrogen and oxygen atoms in total. The second-order valence-corrected chi connectivity index (χ2v) is 7.92. The molecule has 2 aromatic carbocycles. The monoisotopic (exact) mass is 521 g/mol. The van der Waals surface area contributed by atoms with Gasteiger partial charge in [-0.05, 0) is 36.8 Å². The number of hydrogen-bond acceptors (Lipinski definition) is 6. The summed E-state index contributed by atoms with van der Waals surface area (Å²) in [5.74, 6) is -3.03. The fourth-order valence-electron chi connectivity index (χ4n) is 3.42. The second-order valence-electron chi connectivity index (χ2n) is 7.92. The number of carbonyl (C=O) groups excluding carboxylic acids is 1. The number of hydrogen-bond donors (Lipinski definition) is 0. The highest BCUT2D eigenvalue weighted by Crippen LogP contribution is 2.33. The van der Waals surface area contributed by atoms with Crippen LogP contribution in [0.15, 0.2) is 71.5 Å². The summed E-state index contributed by atoms with van der Waals surface area (Å²) in [6.07, 6.45) is -6.53. The number of halogens is 6. The van der Waals surface area contributed by atoms with Gasteiger partial charge in [0.2, 0.25) is 11.7 Å². The highest BCUT2D eigenvalue weighted by atomic mass is 19.4. The number of nitrogens with zero attached hydrogens (tertiary/aromatic N) is 5. The topological polar surface area (TPSA) is 85.0 Å². The van der Waals surface area contributed by atoms with Gasteiger partial charge in [-0.1, -0.05) is 35.5 Å². The molecule has 2 heterocycles. The van der Waals surface area contributed by atoms with Crippen LogP contribution in [0, 0.1) is 0 Å². The van der Waals surface area contributed by atoms with Gasteiger partial charge < -0.3 is 9.42 Å². The molecule has 4 rings (SSSR count). The third kappa shape index (κ3) is 5.93. The fraction of sp³-hybridized carbons (Fsp3) is 0.208. The number of aromatic nitrogens is 4. The maximum absolute atomic E-state index is 13.4. The molecule has 0 spiro atoms. The van der Waals surface area contributed by atoms with E-state index in [9.17, 15) is 31.1 Å². The number of alkyl halides is 6. The van der Waals surface area contributed by atoms with Crippen LogP contribution in [-0.2, 0) is 23.7 Å². The van der Waals surface area contributed by atoms with Gasteiger partial charge in [0.1, 0.15) is 5.82 Å². The molecule has 37 heavy (non-hydrogen) atoms. The van der Waals surface area contributed by atoms with Crippen LogP contribution >= 0.6 is 0 Å². The first kappa shape index (κ1) is 25.8. The molecule has 0 aliphatic carbocycles. The van der Waals surface area contributed by atoms with Crippen molar-refractivity contribution in [1.29, 1.82) is 0 Å². The van der Waals surface area contributed by atoms with Gasteiger partial charge in [0.15, 0.2) is 0 Å². The predicted molar refractivity (Wildman–Crippen MR) is 118 cm³/mol. The van der Waals surface area contributed by atoms with Crippen molar-refractivity contribution >= 4 is 11.6 Å². The SMILES string of the molecule is CC(C(=O)N(Cc1ccc(-c2noc(C(F)(F)F)n2)cc1)c1cccc(C(F)(F)F)c1)c1ncccn1. The van der Waals surface area contributed by atoms with Crippen molar-refractivity contribution in [3.63, 3.8) is 0 Å². The second kappa shape index (κ2) is 9.99. The molecule has 4 aromatic rings. The molecule has 192 valence electrons. The zero-order valence-electron chi connectivity index (χ0n) is 19.0. The summed E-state index contributed by atoms with van der Waals surface area (Å²) < 4.78 is 82.5. The van der Waals surface area contributed by atoms with Crippen LogP contribution in [-0.4, -0.2) is 26.0 Å². The van der Waals surface area contributed by atoms with E-state index in [1.807, 2.05) is 0 Å². The first-order valence-corrected chi connectivity index (χ1v) is 10.7. The molecule has 13 heteroatoms. The Balaban J connectivity index is 1.65. The number of carbonyl (C=O) groups is 1. The van der Waals surface area contributed by atoms with Gasteiger partial charge in [-0.2, -0.15) is 31.3 Å². The molecule has 0 fully saturated rings. The standard InChI is InChI=1S/C24H17F6N5O2/c1-14(19-31-10-3-11-32-19)21(36)35(18-5-2-4-17(12-18)23(25,26)27)13-15-6-8-16(9-7-15)20-33-22(37-34-20)24(28,29)30/h2-12,14H,13H2,1H3. The Kier molecular flexibility index (Phi) is 6.96. The highest BCUT2D eigenvalue weighted by molar-refractivity contribution is 5.97. The van der Waals surface area contributed by atoms with Gasteiger partial charge in [0.05, 0.1) is 18.0 Å². The van der Waals surface area contributed by atoms with E-state index in [2.05, 4.69) is 24.6 Å². The van der Waals surface area contributed by atoms with Crippen molar-refractivity contribution in [1.82, 2.24) is 20.1 Å². The number of rotatable bonds is 6. The quantitative estimate of drug-likeness (QED) is 0.294. The molecular weight excluding hydrogens is 504 g/mol. The summed E-state index contributed by atoms with van der Waals surface area (Å²) in [4.78, 5) is 26.0. The van der Waals surface area contributed by atoms with Crippen LogP contribution in [0.1, 0.15) is 35.7 Å². The molecule has 0 saturated heterocycles. The van der Waals surface area contributed by atoms with Crippen LogP contribution in [0.4, 0.5) is 32.0 Å². The van der Waals surface area contributed by atoms with Gasteiger partial charge in [0, 0.05) is 23.6 Å². The lowest BCUT2D eigenvalue weighted by Gasteiger charge is -2.26. The van der Waals surface area contributed by atoms with Crippen molar-refractivity contribution in [2.75, 3.05) is 4.90 Å². The molecule has 0 aliphatic heterocycles. The molecule has 2 aromatic heterocycles. The first-order chi connectivity index (χ1) is 17.4. The Morgan fingerprint density at radius 2 is 1.62 bits per heavy atom. The minimum Gasteiger partial charge on any atom is -0.329 e. The largest absolute Gasteiger partial charge is 0.471 e. The Morgan fingerprint density at radius 1 is 0.946 bits per heavy atom. The fourth-order valence-corrected chi connectivity index (χ4v) is 3.42. The Labute approximate surface area is 205 Å². The molecule has 1 amide bonds. The lowest BCUT2D eigenvalue weighted by molar-refractivity contribution is -0.159. The van der Waals surface area contributed by atoms with Crippen LogP contribution in [0.2, 0.25) is 0 Å². The lowest BCUT2D eigenvalue weighted by Crippen LogP contribution is -2.34. The van der Waals surface area contributed by atoms with E-state index in [0.29, 0.717) is 5.56 Å². The Morgan fingerprint density at radius 3 is 2.22 bits per heavy atom. The van der Waals surface area contributed by atoms with E-state index in [1.54, 1.807) is 6.07 Å². The van der Waals surface area contributed by atoms with E-state index >= 15 is 0 Å². The van der Waals surface area contributed by atoms with Crippen molar-refractivity contribution in [2.24, 2.45) is 0 Å². The third-order valence-corrected chi connectivity index (χ3v) is 5.32. The van der Waals surface area contributed by atoms with Crippen LogP contribution in [0.25, 0.3) is 11.4 Å². The average molecular weight is 521 g/mol. The third-order valence-electron chi connectivity index (χ3n) is 5.32. The number of anilines is 1. The molecule has 0 aliphatic rings. The Bertz CT molecular complexity index is 1370. The molecule has 1 unspecified atom stereocenters. The van der Waals surface area contributed by atoms with Gasteiger partial charge in [-0.3, -0.25) is 4.79 Å². The zero-order chi connectivity index (χ0) is 26.8. The van der Waals surface area contributed by atoms with Gasteiger partial charge in [-0.25, -0.2) is 9.97 Å². The van der Waals surface area contributed by atoms with Crippen LogP contribution < -0.4 is 4.90 Å². The maximum Gasteiger partial charge on any atom is 0.471 e. The summed E-state index contributed by atoms with van der Waals surface area (Å²) >= 11 is 0. The molecule has 1 atom stereocenters. The minimum atomic E-state index is -4.80. The Hall–Kier alpha value is -4.29. The van der Waals surface area contributed by atoms with Crippen LogP contribution in [0.5, 0.6) is 0 Å². The number of amides is 1. The number of benzene rings is 2. The van der Waals surface area contributed by atoms with Gasteiger partial charge in [0.25, 0.3) is 0 Å². The van der Waals surface area contributed by atoms with Gasteiger partial charge in [-0.15, -0.1) is 0 Å². The van der Waals surface area contributed by atoms with E-state index < -0.39 is 35.6 Å². The highest BCUT2D eigenvalue weighted by Gasteiger charge is 2.38. The summed E-state index contributed by atoms with van der Waals surface area (Å²) in [6.45, 7) is 1.40. The summed E-state index contributed by atoms with van der Waals surface area (Å²) in [5.41, 5.74) is -0.236. The van der Waals surface area contributed by atoms with Crippen molar-refractivity contribution in [3.8, 4) is 11.4 Å². The summed E-state index contributed by atoms with van der Waals surface area (Å²) in [6, 6.07) is 11.7. The van der Waals surface area contributed by atoms with Crippen molar-refractivity contribution < 1.29 is 35.7 Å². The predicted octanol–water partition coefficient (Wildman–Crippen LogP) is 5.90. The van der Waals surface area contributed by atoms with E-state index in [0.717, 1.165) is 12.1 Å². The normalized spacial score (nSPS) is 12.8. The van der Waals surface area contributed by atoms with E-state index in [4.69, 9.17) is 0 Å². The summed E-state index contributed by atoms with van der Waals surface area (Å²) in [7, 11) is 0. The van der Waals surface area contributed by atoms with Crippen molar-refractivity contribution in [2.45, 2.75) is 31.7 Å². The smallest absolute Gasteiger partial charge is 0.329 e. The maximum atomic E-state index is 13.4. The molecule has 0 radical (unpaired) electrons. The van der Waals surface area contributed by atoms with Gasteiger partial charge >= 0.3 is 18.2 Å². The molecule has 0 saturated carbocycles. The first-order valence-electron chi connectivity index (χ1n) is 10.7. The molecule has 0 N–H and O–H groups in total. The molecular formula is C24H17F6N5O2. The average Bonchev–Trinajstić information content (AvgIpc) is 3.38. The zero-order valence-corrected chi connectivity index (χ0v) is 19.0. The van der Waals surface area contributed by atoms with E-state index in [1.165, 1.54) is 60.6 Å². The molecule has 0 bridgehead atoms. The minimum absolute atomic E-state index is 0.000306. The van der Waals surface area contributed by atoms with Crippen LogP contribution in [0.3, 0.4) is 0 Å². The lowest BCUT2D eigenvalue weighted by atomic mass is 10.1. The van der Waals surface area contributed by atoms with E-state index in [-0.39, 0.29) is 29.4 Å². The summed E-state index contributed by atoms with van der Waals surface area (Å²) in [5, 5.41) is 3.32. The van der Waals surface area contributed by atoms with Crippen molar-refractivity contribution in [3.05, 3.63) is 89.8 Å².